The van der Waals surface area contributed by atoms with Gasteiger partial charge in [-0.25, -0.2) is 0 Å². The van der Waals surface area contributed by atoms with Gasteiger partial charge in [-0.05, 0) is 31.5 Å². The van der Waals surface area contributed by atoms with Crippen LogP contribution in [0.1, 0.15) is 22.8 Å². The quantitative estimate of drug-likeness (QED) is 0.770. The van der Waals surface area contributed by atoms with Gasteiger partial charge in [-0.2, -0.15) is 0 Å². The van der Waals surface area contributed by atoms with Crippen LogP contribution < -0.4 is 5.32 Å². The maximum Gasteiger partial charge on any atom is 0.0951 e. The number of benzene rings is 1. The van der Waals surface area contributed by atoms with Gasteiger partial charge in [0.05, 0.1) is 12.7 Å². The second-order valence-electron chi connectivity index (χ2n) is 3.87. The Morgan fingerprint density at radius 1 is 1.50 bits per heavy atom. The van der Waals surface area contributed by atoms with Crippen molar-refractivity contribution in [3.05, 3.63) is 34.9 Å². The molecule has 0 aromatic heterocycles. The zero-order valence-electron chi connectivity index (χ0n) is 8.84. The SMILES string of the molecule is CNC[C@@H]1OCCc2ccc(C)cc21. The highest BCUT2D eigenvalue weighted by Gasteiger charge is 2.19. The molecule has 0 bridgehead atoms. The summed E-state index contributed by atoms with van der Waals surface area (Å²) in [5, 5.41) is 3.17. The van der Waals surface area contributed by atoms with Gasteiger partial charge in [0.25, 0.3) is 0 Å². The van der Waals surface area contributed by atoms with Gasteiger partial charge in [-0.15, -0.1) is 0 Å². The van der Waals surface area contributed by atoms with E-state index < -0.39 is 0 Å². The van der Waals surface area contributed by atoms with Crippen LogP contribution >= 0.6 is 0 Å². The summed E-state index contributed by atoms with van der Waals surface area (Å²) in [7, 11) is 1.97. The molecule has 1 N–H and O–H groups in total. The second kappa shape index (κ2) is 4.11. The third kappa shape index (κ3) is 1.81. The molecule has 0 saturated carbocycles. The van der Waals surface area contributed by atoms with Crippen LogP contribution in [0.3, 0.4) is 0 Å². The summed E-state index contributed by atoms with van der Waals surface area (Å²) < 4.78 is 5.74. The number of aryl methyl sites for hydroxylation is 1. The summed E-state index contributed by atoms with van der Waals surface area (Å²) in [5.74, 6) is 0. The molecule has 0 fully saturated rings. The van der Waals surface area contributed by atoms with Gasteiger partial charge in [0, 0.05) is 6.54 Å². The highest BCUT2D eigenvalue weighted by Crippen LogP contribution is 2.27. The molecule has 1 atom stereocenters. The summed E-state index contributed by atoms with van der Waals surface area (Å²) in [6.07, 6.45) is 1.29. The standard InChI is InChI=1S/C12H17NO/c1-9-3-4-10-5-6-14-12(8-13-2)11(10)7-9/h3-4,7,12-13H,5-6,8H2,1-2H3/t12-/m0/s1. The van der Waals surface area contributed by atoms with Gasteiger partial charge >= 0.3 is 0 Å². The highest BCUT2D eigenvalue weighted by molar-refractivity contribution is 5.34. The molecule has 1 aromatic carbocycles. The number of rotatable bonds is 2. The van der Waals surface area contributed by atoms with E-state index in [1.807, 2.05) is 7.05 Å². The van der Waals surface area contributed by atoms with Gasteiger partial charge in [-0.3, -0.25) is 0 Å². The molecular weight excluding hydrogens is 174 g/mol. The fourth-order valence-corrected chi connectivity index (χ4v) is 2.00. The first kappa shape index (κ1) is 9.69. The molecule has 1 heterocycles. The van der Waals surface area contributed by atoms with E-state index in [-0.39, 0.29) is 6.10 Å². The van der Waals surface area contributed by atoms with Crippen molar-refractivity contribution in [1.82, 2.24) is 5.32 Å². The molecule has 1 aliphatic heterocycles. The van der Waals surface area contributed by atoms with Crippen molar-refractivity contribution in [2.75, 3.05) is 20.2 Å². The van der Waals surface area contributed by atoms with Crippen molar-refractivity contribution in [3.8, 4) is 0 Å². The summed E-state index contributed by atoms with van der Waals surface area (Å²) in [6, 6.07) is 6.66. The van der Waals surface area contributed by atoms with Crippen LogP contribution in [0.15, 0.2) is 18.2 Å². The average Bonchev–Trinajstić information content (AvgIpc) is 2.19. The lowest BCUT2D eigenvalue weighted by Gasteiger charge is -2.26. The van der Waals surface area contributed by atoms with Crippen molar-refractivity contribution in [2.24, 2.45) is 0 Å². The number of fused-ring (bicyclic) bond motifs is 1. The second-order valence-corrected chi connectivity index (χ2v) is 3.87. The van der Waals surface area contributed by atoms with E-state index >= 15 is 0 Å². The molecule has 2 rings (SSSR count). The lowest BCUT2D eigenvalue weighted by atomic mass is 9.95. The van der Waals surface area contributed by atoms with Crippen molar-refractivity contribution in [2.45, 2.75) is 19.4 Å². The maximum atomic E-state index is 5.74. The summed E-state index contributed by atoms with van der Waals surface area (Å²) in [6.45, 7) is 3.88. The van der Waals surface area contributed by atoms with E-state index in [2.05, 4.69) is 30.4 Å². The molecule has 0 aliphatic carbocycles. The normalized spacial score (nSPS) is 20.6. The van der Waals surface area contributed by atoms with E-state index in [0.717, 1.165) is 19.6 Å². The third-order valence-corrected chi connectivity index (χ3v) is 2.73. The molecule has 0 radical (unpaired) electrons. The van der Waals surface area contributed by atoms with Crippen LogP contribution in [-0.4, -0.2) is 20.2 Å². The number of likely N-dealkylation sites (N-methyl/N-ethyl adjacent to an activating group) is 1. The summed E-state index contributed by atoms with van der Waals surface area (Å²) in [5.41, 5.74) is 4.13. The van der Waals surface area contributed by atoms with E-state index in [4.69, 9.17) is 4.74 Å². The fourth-order valence-electron chi connectivity index (χ4n) is 2.00. The number of nitrogens with one attached hydrogen (secondary N) is 1. The monoisotopic (exact) mass is 191 g/mol. The largest absolute Gasteiger partial charge is 0.372 e. The molecule has 2 heteroatoms. The first-order valence-corrected chi connectivity index (χ1v) is 5.17. The van der Waals surface area contributed by atoms with Crippen LogP contribution in [-0.2, 0) is 11.2 Å². The van der Waals surface area contributed by atoms with E-state index in [1.54, 1.807) is 0 Å². The predicted octanol–water partition coefficient (Wildman–Crippen LogP) is 1.83. The smallest absolute Gasteiger partial charge is 0.0951 e. The molecule has 76 valence electrons. The molecule has 2 nitrogen and oxygen atoms in total. The zero-order chi connectivity index (χ0) is 9.97. The van der Waals surface area contributed by atoms with Gasteiger partial charge < -0.3 is 10.1 Å². The topological polar surface area (TPSA) is 21.3 Å². The Morgan fingerprint density at radius 3 is 3.14 bits per heavy atom. The van der Waals surface area contributed by atoms with Crippen LogP contribution in [0, 0.1) is 6.92 Å². The maximum absolute atomic E-state index is 5.74. The Balaban J connectivity index is 2.32. The van der Waals surface area contributed by atoms with Crippen molar-refractivity contribution >= 4 is 0 Å². The van der Waals surface area contributed by atoms with Crippen molar-refractivity contribution < 1.29 is 4.74 Å². The van der Waals surface area contributed by atoms with Gasteiger partial charge in [0.15, 0.2) is 0 Å². The molecule has 0 amide bonds. The van der Waals surface area contributed by atoms with Crippen LogP contribution in [0.5, 0.6) is 0 Å². The molecule has 0 spiro atoms. The molecule has 14 heavy (non-hydrogen) atoms. The van der Waals surface area contributed by atoms with Gasteiger partial charge in [0.1, 0.15) is 0 Å². The Bertz CT molecular complexity index is 322. The Kier molecular flexibility index (Phi) is 2.85. The fraction of sp³-hybridized carbons (Fsp3) is 0.500. The number of ether oxygens (including phenoxy) is 1. The zero-order valence-corrected chi connectivity index (χ0v) is 8.84. The molecule has 0 saturated heterocycles. The van der Waals surface area contributed by atoms with E-state index in [9.17, 15) is 0 Å². The Hall–Kier alpha value is -0.860. The Morgan fingerprint density at radius 2 is 2.36 bits per heavy atom. The number of hydrogen-bond acceptors (Lipinski definition) is 2. The Labute approximate surface area is 85.3 Å². The predicted molar refractivity (Wildman–Crippen MR) is 57.5 cm³/mol. The van der Waals surface area contributed by atoms with Crippen molar-refractivity contribution in [1.29, 1.82) is 0 Å². The molecule has 1 aliphatic rings. The highest BCUT2D eigenvalue weighted by atomic mass is 16.5. The lowest BCUT2D eigenvalue weighted by Crippen LogP contribution is -2.25. The van der Waals surface area contributed by atoms with Crippen LogP contribution in [0.4, 0.5) is 0 Å². The molecule has 1 aromatic rings. The van der Waals surface area contributed by atoms with E-state index in [1.165, 1.54) is 16.7 Å². The molecule has 0 unspecified atom stereocenters. The minimum Gasteiger partial charge on any atom is -0.372 e. The van der Waals surface area contributed by atoms with Crippen molar-refractivity contribution in [3.63, 3.8) is 0 Å². The lowest BCUT2D eigenvalue weighted by molar-refractivity contribution is 0.0438. The van der Waals surface area contributed by atoms with E-state index in [0.29, 0.717) is 0 Å². The molecular formula is C12H17NO. The summed E-state index contributed by atoms with van der Waals surface area (Å²) in [4.78, 5) is 0. The minimum atomic E-state index is 0.239. The first-order valence-electron chi connectivity index (χ1n) is 5.17. The first-order chi connectivity index (χ1) is 6.81. The van der Waals surface area contributed by atoms with Gasteiger partial charge in [-0.1, -0.05) is 23.8 Å². The average molecular weight is 191 g/mol. The number of hydrogen-bond donors (Lipinski definition) is 1. The van der Waals surface area contributed by atoms with Gasteiger partial charge in [0.2, 0.25) is 0 Å². The van der Waals surface area contributed by atoms with Crippen LogP contribution in [0.25, 0.3) is 0 Å². The van der Waals surface area contributed by atoms with Crippen LogP contribution in [0.2, 0.25) is 0 Å². The minimum absolute atomic E-state index is 0.239. The summed E-state index contributed by atoms with van der Waals surface area (Å²) >= 11 is 0. The third-order valence-electron chi connectivity index (χ3n) is 2.73.